The van der Waals surface area contributed by atoms with Crippen LogP contribution in [-0.2, 0) is 0 Å². The summed E-state index contributed by atoms with van der Waals surface area (Å²) in [5.41, 5.74) is 0.373. The SMILES string of the molecule is CC1CCC(C2CCCCC2)CC1.CCOc1c(C)cc(O)c(F)c1F. The number of rotatable bonds is 3. The summed E-state index contributed by atoms with van der Waals surface area (Å²) in [6, 6.07) is 1.13. The molecule has 0 saturated heterocycles. The predicted octanol–water partition coefficient (Wildman–Crippen LogP) is 6.77. The van der Waals surface area contributed by atoms with E-state index in [2.05, 4.69) is 6.92 Å². The van der Waals surface area contributed by atoms with Gasteiger partial charge in [-0.2, -0.15) is 8.78 Å². The number of benzene rings is 1. The maximum absolute atomic E-state index is 13.1. The van der Waals surface area contributed by atoms with Crippen molar-refractivity contribution in [3.8, 4) is 11.5 Å². The third-order valence-corrected chi connectivity index (χ3v) is 5.99. The summed E-state index contributed by atoms with van der Waals surface area (Å²) in [7, 11) is 0. The highest BCUT2D eigenvalue weighted by Gasteiger charge is 2.26. The molecule has 2 saturated carbocycles. The van der Waals surface area contributed by atoms with Crippen molar-refractivity contribution in [2.75, 3.05) is 6.61 Å². The van der Waals surface area contributed by atoms with E-state index in [4.69, 9.17) is 9.84 Å². The van der Waals surface area contributed by atoms with Crippen LogP contribution in [0.1, 0.15) is 77.2 Å². The standard InChI is InChI=1S/C13H24.C9H10F2O2/c1-11-7-9-13(10-8-11)12-5-3-2-4-6-12;1-3-13-9-5(2)4-6(12)7(10)8(9)11/h11-13H,2-10H2,1H3;4,12H,3H2,1-2H3. The Kier molecular flexibility index (Phi) is 8.17. The van der Waals surface area contributed by atoms with Gasteiger partial charge < -0.3 is 9.84 Å². The van der Waals surface area contributed by atoms with Crippen LogP contribution in [0.2, 0.25) is 0 Å². The van der Waals surface area contributed by atoms with Crippen LogP contribution in [-0.4, -0.2) is 11.7 Å². The van der Waals surface area contributed by atoms with Gasteiger partial charge in [-0.05, 0) is 56.1 Å². The summed E-state index contributed by atoms with van der Waals surface area (Å²) in [6.45, 7) is 5.88. The predicted molar refractivity (Wildman–Crippen MR) is 102 cm³/mol. The van der Waals surface area contributed by atoms with Gasteiger partial charge in [-0.15, -0.1) is 0 Å². The fraction of sp³-hybridized carbons (Fsp3) is 0.727. The Bertz CT molecular complexity index is 560. The highest BCUT2D eigenvalue weighted by molar-refractivity contribution is 5.41. The summed E-state index contributed by atoms with van der Waals surface area (Å²) < 4.78 is 30.7. The van der Waals surface area contributed by atoms with Crippen LogP contribution in [0.4, 0.5) is 8.78 Å². The number of phenolic OH excluding ortho intramolecular Hbond substituents is 1. The summed E-state index contributed by atoms with van der Waals surface area (Å²) in [6.07, 6.45) is 13.8. The minimum atomic E-state index is -1.27. The van der Waals surface area contributed by atoms with E-state index in [0.717, 1.165) is 23.8 Å². The van der Waals surface area contributed by atoms with Crippen LogP contribution >= 0.6 is 0 Å². The fourth-order valence-electron chi connectivity index (χ4n) is 4.40. The monoisotopic (exact) mass is 368 g/mol. The molecule has 0 spiro atoms. The van der Waals surface area contributed by atoms with E-state index >= 15 is 0 Å². The summed E-state index contributed by atoms with van der Waals surface area (Å²) in [5, 5.41) is 8.90. The van der Waals surface area contributed by atoms with Crippen LogP contribution in [0.15, 0.2) is 6.07 Å². The molecule has 2 aliphatic carbocycles. The summed E-state index contributed by atoms with van der Waals surface area (Å²) in [4.78, 5) is 0. The minimum Gasteiger partial charge on any atom is -0.505 e. The van der Waals surface area contributed by atoms with Crippen molar-refractivity contribution in [3.05, 3.63) is 23.3 Å². The average molecular weight is 369 g/mol. The van der Waals surface area contributed by atoms with Crippen molar-refractivity contribution in [1.29, 1.82) is 0 Å². The van der Waals surface area contributed by atoms with E-state index in [1.807, 2.05) is 0 Å². The Hall–Kier alpha value is -1.32. The van der Waals surface area contributed by atoms with Gasteiger partial charge in [-0.3, -0.25) is 0 Å². The largest absolute Gasteiger partial charge is 0.505 e. The number of hydrogen-bond donors (Lipinski definition) is 1. The molecule has 0 aliphatic heterocycles. The van der Waals surface area contributed by atoms with Crippen LogP contribution in [0, 0.1) is 36.3 Å². The Balaban J connectivity index is 0.000000187. The molecular weight excluding hydrogens is 334 g/mol. The maximum Gasteiger partial charge on any atom is 0.204 e. The lowest BCUT2D eigenvalue weighted by molar-refractivity contribution is 0.173. The number of hydrogen-bond acceptors (Lipinski definition) is 2. The van der Waals surface area contributed by atoms with E-state index in [0.29, 0.717) is 5.56 Å². The highest BCUT2D eigenvalue weighted by atomic mass is 19.2. The van der Waals surface area contributed by atoms with Gasteiger partial charge in [-0.25, -0.2) is 0 Å². The molecule has 3 rings (SSSR count). The molecule has 1 aromatic carbocycles. The van der Waals surface area contributed by atoms with Gasteiger partial charge >= 0.3 is 0 Å². The first kappa shape index (κ1) is 21.0. The van der Waals surface area contributed by atoms with Crippen molar-refractivity contribution >= 4 is 0 Å². The van der Waals surface area contributed by atoms with E-state index in [-0.39, 0.29) is 12.4 Å². The van der Waals surface area contributed by atoms with E-state index < -0.39 is 17.4 Å². The van der Waals surface area contributed by atoms with Gasteiger partial charge in [0.05, 0.1) is 6.61 Å². The fourth-order valence-corrected chi connectivity index (χ4v) is 4.40. The van der Waals surface area contributed by atoms with E-state index in [1.165, 1.54) is 39.0 Å². The molecule has 26 heavy (non-hydrogen) atoms. The number of aryl methyl sites for hydroxylation is 1. The smallest absolute Gasteiger partial charge is 0.204 e. The van der Waals surface area contributed by atoms with Crippen LogP contribution in [0.3, 0.4) is 0 Å². The molecular formula is C22H34F2O2. The Morgan fingerprint density at radius 1 is 0.962 bits per heavy atom. The molecule has 0 amide bonds. The van der Waals surface area contributed by atoms with Crippen LogP contribution in [0.5, 0.6) is 11.5 Å². The molecule has 1 aromatic rings. The number of aromatic hydroxyl groups is 1. The number of halogens is 2. The Labute approximate surface area is 157 Å². The zero-order valence-corrected chi connectivity index (χ0v) is 16.5. The lowest BCUT2D eigenvalue weighted by Gasteiger charge is -2.34. The second-order valence-electron chi connectivity index (χ2n) is 8.02. The van der Waals surface area contributed by atoms with Gasteiger partial charge in [0.25, 0.3) is 0 Å². The zero-order chi connectivity index (χ0) is 19.1. The Morgan fingerprint density at radius 2 is 1.54 bits per heavy atom. The molecule has 148 valence electrons. The third-order valence-electron chi connectivity index (χ3n) is 5.99. The lowest BCUT2D eigenvalue weighted by Crippen LogP contribution is -2.22. The van der Waals surface area contributed by atoms with Crippen molar-refractivity contribution in [1.82, 2.24) is 0 Å². The average Bonchev–Trinajstić information content (AvgIpc) is 2.65. The molecule has 0 aromatic heterocycles. The van der Waals surface area contributed by atoms with Gasteiger partial charge in [-0.1, -0.05) is 51.9 Å². The first-order valence-electron chi connectivity index (χ1n) is 10.2. The van der Waals surface area contributed by atoms with Crippen molar-refractivity contribution in [2.45, 2.75) is 78.6 Å². The molecule has 2 fully saturated rings. The normalized spacial score (nSPS) is 23.9. The summed E-state index contributed by atoms with van der Waals surface area (Å²) in [5.74, 6) is 0.0299. The molecule has 2 aliphatic rings. The van der Waals surface area contributed by atoms with Gasteiger partial charge in [0.15, 0.2) is 11.5 Å². The Morgan fingerprint density at radius 3 is 2.12 bits per heavy atom. The number of phenols is 1. The number of ether oxygens (including phenoxy) is 1. The second kappa shape index (κ2) is 10.1. The molecule has 0 atom stereocenters. The molecule has 0 bridgehead atoms. The van der Waals surface area contributed by atoms with Crippen molar-refractivity contribution < 1.29 is 18.6 Å². The van der Waals surface area contributed by atoms with E-state index in [1.54, 1.807) is 32.6 Å². The molecule has 4 heteroatoms. The molecule has 0 unspecified atom stereocenters. The first-order chi connectivity index (χ1) is 12.4. The van der Waals surface area contributed by atoms with Gasteiger partial charge in [0.2, 0.25) is 11.6 Å². The van der Waals surface area contributed by atoms with Crippen LogP contribution in [0.25, 0.3) is 0 Å². The summed E-state index contributed by atoms with van der Waals surface area (Å²) >= 11 is 0. The van der Waals surface area contributed by atoms with Crippen molar-refractivity contribution in [2.24, 2.45) is 17.8 Å². The first-order valence-corrected chi connectivity index (χ1v) is 10.2. The molecule has 2 nitrogen and oxygen atoms in total. The van der Waals surface area contributed by atoms with Crippen LogP contribution < -0.4 is 4.74 Å². The quantitative estimate of drug-likeness (QED) is 0.638. The highest BCUT2D eigenvalue weighted by Crippen LogP contribution is 2.39. The maximum atomic E-state index is 13.1. The molecule has 1 N–H and O–H groups in total. The topological polar surface area (TPSA) is 29.5 Å². The van der Waals surface area contributed by atoms with Crippen molar-refractivity contribution in [3.63, 3.8) is 0 Å². The van der Waals surface area contributed by atoms with E-state index in [9.17, 15) is 8.78 Å². The van der Waals surface area contributed by atoms with Gasteiger partial charge in [0.1, 0.15) is 0 Å². The zero-order valence-electron chi connectivity index (χ0n) is 16.5. The van der Waals surface area contributed by atoms with Gasteiger partial charge in [0, 0.05) is 0 Å². The molecule has 0 radical (unpaired) electrons. The molecule has 0 heterocycles. The lowest BCUT2D eigenvalue weighted by atomic mass is 9.71. The minimum absolute atomic E-state index is 0.141. The second-order valence-corrected chi connectivity index (χ2v) is 8.02. The third kappa shape index (κ3) is 5.59.